The van der Waals surface area contributed by atoms with Crippen molar-refractivity contribution in [2.24, 2.45) is 0 Å². The van der Waals surface area contributed by atoms with Crippen LogP contribution in [0.3, 0.4) is 0 Å². The monoisotopic (exact) mass is 378 g/mol. The van der Waals surface area contributed by atoms with E-state index in [-0.39, 0.29) is 18.4 Å². The Hall–Kier alpha value is -3.29. The SMILES string of the molecule is C[C@@H](NC(=O)Cc1ccc(OCc2ccccn2)cc1)c1nnnn1C1CC1. The number of hydrogen-bond donors (Lipinski definition) is 1. The largest absolute Gasteiger partial charge is 0.487 e. The number of aromatic nitrogens is 5. The number of benzene rings is 1. The summed E-state index contributed by atoms with van der Waals surface area (Å²) in [6, 6.07) is 13.4. The molecule has 1 aromatic carbocycles. The van der Waals surface area contributed by atoms with Gasteiger partial charge in [-0.2, -0.15) is 0 Å². The van der Waals surface area contributed by atoms with Crippen LogP contribution in [0.2, 0.25) is 0 Å². The van der Waals surface area contributed by atoms with Gasteiger partial charge in [0.1, 0.15) is 12.4 Å². The van der Waals surface area contributed by atoms with Gasteiger partial charge in [-0.15, -0.1) is 5.10 Å². The number of amides is 1. The van der Waals surface area contributed by atoms with Crippen molar-refractivity contribution in [3.05, 3.63) is 65.7 Å². The number of nitrogens with one attached hydrogen (secondary N) is 1. The molecule has 1 amide bonds. The second kappa shape index (κ2) is 8.16. The van der Waals surface area contributed by atoms with Crippen molar-refractivity contribution in [3.8, 4) is 5.75 Å². The minimum atomic E-state index is -0.232. The molecular formula is C20H22N6O2. The van der Waals surface area contributed by atoms with Crippen molar-refractivity contribution in [3.63, 3.8) is 0 Å². The fourth-order valence-electron chi connectivity index (χ4n) is 2.95. The number of nitrogens with zero attached hydrogens (tertiary/aromatic N) is 5. The van der Waals surface area contributed by atoms with Crippen LogP contribution in [0.15, 0.2) is 48.7 Å². The molecule has 1 aliphatic carbocycles. The van der Waals surface area contributed by atoms with Crippen LogP contribution in [0.4, 0.5) is 0 Å². The maximum absolute atomic E-state index is 12.4. The topological polar surface area (TPSA) is 94.8 Å². The van der Waals surface area contributed by atoms with E-state index in [1.807, 2.05) is 54.1 Å². The van der Waals surface area contributed by atoms with Crippen LogP contribution in [0.5, 0.6) is 5.75 Å². The van der Waals surface area contributed by atoms with Crippen LogP contribution in [-0.4, -0.2) is 31.1 Å². The van der Waals surface area contributed by atoms with E-state index in [2.05, 4.69) is 25.8 Å². The lowest BCUT2D eigenvalue weighted by Gasteiger charge is -2.13. The molecule has 4 rings (SSSR count). The molecule has 0 saturated heterocycles. The van der Waals surface area contributed by atoms with E-state index in [9.17, 15) is 4.79 Å². The molecule has 3 aromatic rings. The molecule has 1 fully saturated rings. The van der Waals surface area contributed by atoms with Gasteiger partial charge in [0, 0.05) is 6.20 Å². The second-order valence-electron chi connectivity index (χ2n) is 6.93. The first-order valence-corrected chi connectivity index (χ1v) is 9.38. The lowest BCUT2D eigenvalue weighted by molar-refractivity contribution is -0.121. The molecule has 0 bridgehead atoms. The molecule has 28 heavy (non-hydrogen) atoms. The summed E-state index contributed by atoms with van der Waals surface area (Å²) in [6.45, 7) is 2.31. The molecule has 2 heterocycles. The van der Waals surface area contributed by atoms with Gasteiger partial charge in [-0.1, -0.05) is 18.2 Å². The molecule has 1 atom stereocenters. The third-order valence-electron chi connectivity index (χ3n) is 4.58. The molecule has 144 valence electrons. The molecule has 1 aliphatic rings. The predicted molar refractivity (Wildman–Crippen MR) is 101 cm³/mol. The smallest absolute Gasteiger partial charge is 0.224 e. The summed E-state index contributed by atoms with van der Waals surface area (Å²) >= 11 is 0. The second-order valence-corrected chi connectivity index (χ2v) is 6.93. The summed E-state index contributed by atoms with van der Waals surface area (Å²) in [6.07, 6.45) is 4.21. The number of hydrogen-bond acceptors (Lipinski definition) is 6. The average molecular weight is 378 g/mol. The summed E-state index contributed by atoms with van der Waals surface area (Å²) in [4.78, 5) is 16.6. The van der Waals surface area contributed by atoms with Gasteiger partial charge in [-0.25, -0.2) is 4.68 Å². The Morgan fingerprint density at radius 3 is 2.79 bits per heavy atom. The molecule has 2 aromatic heterocycles. The highest BCUT2D eigenvalue weighted by Crippen LogP contribution is 2.35. The zero-order valence-corrected chi connectivity index (χ0v) is 15.7. The zero-order valence-electron chi connectivity index (χ0n) is 15.7. The summed E-state index contributed by atoms with van der Waals surface area (Å²) in [5.74, 6) is 1.38. The number of ether oxygens (including phenoxy) is 1. The van der Waals surface area contributed by atoms with Crippen LogP contribution < -0.4 is 10.1 Å². The van der Waals surface area contributed by atoms with E-state index in [0.717, 1.165) is 29.8 Å². The fraction of sp³-hybridized carbons (Fsp3) is 0.350. The minimum absolute atomic E-state index is 0.0694. The predicted octanol–water partition coefficient (Wildman–Crippen LogP) is 2.40. The highest BCUT2D eigenvalue weighted by atomic mass is 16.5. The Morgan fingerprint density at radius 2 is 2.07 bits per heavy atom. The molecule has 1 saturated carbocycles. The molecule has 8 nitrogen and oxygen atoms in total. The summed E-state index contributed by atoms with van der Waals surface area (Å²) < 4.78 is 7.54. The first-order valence-electron chi connectivity index (χ1n) is 9.38. The number of rotatable bonds is 8. The molecule has 8 heteroatoms. The zero-order chi connectivity index (χ0) is 19.3. The van der Waals surface area contributed by atoms with E-state index in [4.69, 9.17) is 4.74 Å². The molecule has 0 aliphatic heterocycles. The van der Waals surface area contributed by atoms with Crippen molar-refractivity contribution in [2.75, 3.05) is 0 Å². The van der Waals surface area contributed by atoms with Gasteiger partial charge in [0.2, 0.25) is 5.91 Å². The Kier molecular flexibility index (Phi) is 5.27. The Balaban J connectivity index is 1.28. The summed E-state index contributed by atoms with van der Waals surface area (Å²) in [5, 5.41) is 14.8. The van der Waals surface area contributed by atoms with E-state index in [1.165, 1.54) is 0 Å². The number of carbonyl (C=O) groups excluding carboxylic acids is 1. The van der Waals surface area contributed by atoms with Crippen LogP contribution >= 0.6 is 0 Å². The van der Waals surface area contributed by atoms with E-state index in [1.54, 1.807) is 6.20 Å². The fourth-order valence-corrected chi connectivity index (χ4v) is 2.95. The standard InChI is InChI=1S/C20H22N6O2/c1-14(20-23-24-25-26(20)17-7-8-17)22-19(27)12-15-5-9-18(10-6-15)28-13-16-4-2-3-11-21-16/h2-6,9-11,14,17H,7-8,12-13H2,1H3,(H,22,27)/t14-/m1/s1. The van der Waals surface area contributed by atoms with Gasteiger partial charge in [0.15, 0.2) is 5.82 Å². The van der Waals surface area contributed by atoms with Gasteiger partial charge >= 0.3 is 0 Å². The molecule has 0 unspecified atom stereocenters. The Bertz CT molecular complexity index is 921. The maximum atomic E-state index is 12.4. The normalized spacial score (nSPS) is 14.5. The van der Waals surface area contributed by atoms with Gasteiger partial charge in [-0.3, -0.25) is 9.78 Å². The van der Waals surface area contributed by atoms with Crippen molar-refractivity contribution < 1.29 is 9.53 Å². The third-order valence-corrected chi connectivity index (χ3v) is 4.58. The number of pyridine rings is 1. The third kappa shape index (κ3) is 4.51. The first-order chi connectivity index (χ1) is 13.7. The van der Waals surface area contributed by atoms with Crippen LogP contribution in [0.25, 0.3) is 0 Å². The van der Waals surface area contributed by atoms with Crippen molar-refractivity contribution in [1.29, 1.82) is 0 Å². The quantitative estimate of drug-likeness (QED) is 0.647. The van der Waals surface area contributed by atoms with E-state index >= 15 is 0 Å². The highest BCUT2D eigenvalue weighted by molar-refractivity contribution is 5.78. The minimum Gasteiger partial charge on any atom is -0.487 e. The number of carbonyl (C=O) groups is 1. The van der Waals surface area contributed by atoms with Crippen molar-refractivity contribution >= 4 is 5.91 Å². The first kappa shape index (κ1) is 18.1. The lowest BCUT2D eigenvalue weighted by Crippen LogP contribution is -2.30. The van der Waals surface area contributed by atoms with E-state index in [0.29, 0.717) is 18.5 Å². The lowest BCUT2D eigenvalue weighted by atomic mass is 10.1. The maximum Gasteiger partial charge on any atom is 0.224 e. The van der Waals surface area contributed by atoms with Gasteiger partial charge in [0.05, 0.1) is 24.2 Å². The summed E-state index contributed by atoms with van der Waals surface area (Å²) in [7, 11) is 0. The van der Waals surface area contributed by atoms with Crippen molar-refractivity contribution in [2.45, 2.75) is 44.9 Å². The van der Waals surface area contributed by atoms with E-state index < -0.39 is 0 Å². The summed E-state index contributed by atoms with van der Waals surface area (Å²) in [5.41, 5.74) is 1.78. The van der Waals surface area contributed by atoms with Crippen LogP contribution in [0, 0.1) is 0 Å². The van der Waals surface area contributed by atoms with Gasteiger partial charge < -0.3 is 10.1 Å². The highest BCUT2D eigenvalue weighted by Gasteiger charge is 2.29. The van der Waals surface area contributed by atoms with Crippen molar-refractivity contribution in [1.82, 2.24) is 30.5 Å². The van der Waals surface area contributed by atoms with Gasteiger partial charge in [0.25, 0.3) is 0 Å². The molecular weight excluding hydrogens is 356 g/mol. The number of tetrazole rings is 1. The molecule has 0 spiro atoms. The van der Waals surface area contributed by atoms with Gasteiger partial charge in [-0.05, 0) is 60.0 Å². The van der Waals surface area contributed by atoms with Crippen LogP contribution in [0.1, 0.15) is 48.9 Å². The Morgan fingerprint density at radius 1 is 1.25 bits per heavy atom. The molecule has 1 N–H and O–H groups in total. The average Bonchev–Trinajstić information content (AvgIpc) is 3.44. The van der Waals surface area contributed by atoms with Crippen LogP contribution in [-0.2, 0) is 17.8 Å². The Labute approximate surface area is 162 Å². The molecule has 0 radical (unpaired) electrons.